The summed E-state index contributed by atoms with van der Waals surface area (Å²) < 4.78 is 23.8. The van der Waals surface area contributed by atoms with Crippen molar-refractivity contribution in [3.63, 3.8) is 0 Å². The highest BCUT2D eigenvalue weighted by atomic mass is 32.2. The van der Waals surface area contributed by atoms with Gasteiger partial charge in [0.25, 0.3) is 5.56 Å². The lowest BCUT2D eigenvalue weighted by atomic mass is 9.96. The molecule has 1 heterocycles. The highest BCUT2D eigenvalue weighted by Crippen LogP contribution is 2.19. The van der Waals surface area contributed by atoms with Crippen molar-refractivity contribution in [3.05, 3.63) is 33.1 Å². The van der Waals surface area contributed by atoms with E-state index >= 15 is 0 Å². The first-order valence-electron chi connectivity index (χ1n) is 5.07. The normalized spacial score (nSPS) is 12.6. The second-order valence-electron chi connectivity index (χ2n) is 4.97. The molecule has 0 aliphatic rings. The zero-order valence-electron chi connectivity index (χ0n) is 10.1. The summed E-state index contributed by atoms with van der Waals surface area (Å²) in [4.78, 5) is 24.4. The molecule has 0 aromatic carbocycles. The number of rotatable bonds is 4. The minimum absolute atomic E-state index is 0.0223. The van der Waals surface area contributed by atoms with Crippen LogP contribution in [-0.2, 0) is 16.4 Å². The van der Waals surface area contributed by atoms with Crippen LogP contribution in [0.2, 0.25) is 0 Å². The summed E-state index contributed by atoms with van der Waals surface area (Å²) in [5.74, 6) is -0.0223. The lowest BCUT2D eigenvalue weighted by Crippen LogP contribution is -2.36. The van der Waals surface area contributed by atoms with Crippen molar-refractivity contribution < 1.29 is 8.42 Å². The van der Waals surface area contributed by atoms with Crippen LogP contribution in [0.4, 0.5) is 0 Å². The van der Waals surface area contributed by atoms with Crippen LogP contribution in [0.15, 0.2) is 21.9 Å². The summed E-state index contributed by atoms with van der Waals surface area (Å²) in [5, 5.41) is 0. The molecule has 0 bridgehead atoms. The van der Waals surface area contributed by atoms with Crippen molar-refractivity contribution in [2.75, 3.05) is 12.0 Å². The van der Waals surface area contributed by atoms with E-state index in [9.17, 15) is 18.0 Å². The Morgan fingerprint density at radius 1 is 1.35 bits per heavy atom. The topological polar surface area (TPSA) is 89.0 Å². The Morgan fingerprint density at radius 3 is 2.41 bits per heavy atom. The van der Waals surface area contributed by atoms with Gasteiger partial charge in [-0.15, -0.1) is 0 Å². The summed E-state index contributed by atoms with van der Waals surface area (Å²) in [5.41, 5.74) is -1.57. The maximum Gasteiger partial charge on any atom is 0.328 e. The van der Waals surface area contributed by atoms with Gasteiger partial charge in [0.15, 0.2) is 0 Å². The highest BCUT2D eigenvalue weighted by molar-refractivity contribution is 7.90. The van der Waals surface area contributed by atoms with Crippen LogP contribution in [0.3, 0.4) is 0 Å². The molecule has 96 valence electrons. The smallest absolute Gasteiger partial charge is 0.300 e. The monoisotopic (exact) mass is 260 g/mol. The van der Waals surface area contributed by atoms with Gasteiger partial charge < -0.3 is 4.57 Å². The largest absolute Gasteiger partial charge is 0.328 e. The molecule has 0 saturated carbocycles. The van der Waals surface area contributed by atoms with E-state index in [0.717, 1.165) is 6.26 Å². The molecular weight excluding hydrogens is 244 g/mol. The molecule has 1 aromatic heterocycles. The van der Waals surface area contributed by atoms with Gasteiger partial charge in [0, 0.05) is 25.1 Å². The van der Waals surface area contributed by atoms with Crippen LogP contribution in [0, 0.1) is 5.41 Å². The first-order valence-corrected chi connectivity index (χ1v) is 7.13. The van der Waals surface area contributed by atoms with E-state index in [1.807, 2.05) is 0 Å². The number of H-pyrrole nitrogens is 1. The Morgan fingerprint density at radius 2 is 1.94 bits per heavy atom. The van der Waals surface area contributed by atoms with Crippen molar-refractivity contribution in [1.82, 2.24) is 9.55 Å². The second kappa shape index (κ2) is 4.48. The van der Waals surface area contributed by atoms with Crippen LogP contribution in [0.5, 0.6) is 0 Å². The molecule has 7 heteroatoms. The summed E-state index contributed by atoms with van der Waals surface area (Å²) in [6.45, 7) is 3.74. The zero-order valence-corrected chi connectivity index (χ0v) is 10.9. The van der Waals surface area contributed by atoms with E-state index in [-0.39, 0.29) is 12.3 Å². The van der Waals surface area contributed by atoms with Crippen LogP contribution in [0.1, 0.15) is 13.8 Å². The molecule has 0 aliphatic carbocycles. The van der Waals surface area contributed by atoms with Gasteiger partial charge >= 0.3 is 5.69 Å². The molecule has 0 radical (unpaired) electrons. The van der Waals surface area contributed by atoms with E-state index in [1.54, 1.807) is 13.8 Å². The molecular formula is C10H16N2O4S. The Bertz CT molecular complexity index is 610. The predicted molar refractivity (Wildman–Crippen MR) is 64.8 cm³/mol. The molecule has 17 heavy (non-hydrogen) atoms. The van der Waals surface area contributed by atoms with Crippen LogP contribution < -0.4 is 11.2 Å². The first kappa shape index (κ1) is 13.7. The van der Waals surface area contributed by atoms with Gasteiger partial charge in [-0.2, -0.15) is 0 Å². The Kier molecular flexibility index (Phi) is 3.61. The first-order chi connectivity index (χ1) is 7.59. The van der Waals surface area contributed by atoms with Crippen molar-refractivity contribution in [3.8, 4) is 0 Å². The number of sulfone groups is 1. The third-order valence-electron chi connectivity index (χ3n) is 2.15. The standard InChI is InChI=1S/C10H16N2O4S/c1-10(2,7-17(3,15)16)6-12-5-4-8(13)11-9(12)14/h4-5H,6-7H2,1-3H3,(H,11,13,14). The van der Waals surface area contributed by atoms with Crippen LogP contribution >= 0.6 is 0 Å². The maximum atomic E-state index is 11.4. The number of aromatic amines is 1. The molecule has 0 atom stereocenters. The van der Waals surface area contributed by atoms with E-state index in [2.05, 4.69) is 4.98 Å². The van der Waals surface area contributed by atoms with E-state index in [4.69, 9.17) is 0 Å². The van der Waals surface area contributed by atoms with Gasteiger partial charge in [0.1, 0.15) is 9.84 Å². The van der Waals surface area contributed by atoms with Crippen molar-refractivity contribution in [2.24, 2.45) is 5.41 Å². The Balaban J connectivity index is 2.98. The van der Waals surface area contributed by atoms with Gasteiger partial charge in [0.05, 0.1) is 5.75 Å². The molecule has 0 unspecified atom stereocenters. The van der Waals surface area contributed by atoms with Crippen molar-refractivity contribution >= 4 is 9.84 Å². The summed E-state index contributed by atoms with van der Waals surface area (Å²) in [7, 11) is -3.11. The van der Waals surface area contributed by atoms with Crippen molar-refractivity contribution in [2.45, 2.75) is 20.4 Å². The number of hydrogen-bond donors (Lipinski definition) is 1. The number of aromatic nitrogens is 2. The van der Waals surface area contributed by atoms with Crippen LogP contribution in [0.25, 0.3) is 0 Å². The van der Waals surface area contributed by atoms with E-state index in [1.165, 1.54) is 16.8 Å². The van der Waals surface area contributed by atoms with Gasteiger partial charge in [-0.1, -0.05) is 13.8 Å². The third-order valence-corrected chi connectivity index (χ3v) is 3.45. The second-order valence-corrected chi connectivity index (χ2v) is 7.11. The molecule has 0 aliphatic heterocycles. The lowest BCUT2D eigenvalue weighted by molar-refractivity contribution is 0.337. The number of nitrogens with zero attached hydrogens (tertiary/aromatic N) is 1. The van der Waals surface area contributed by atoms with Gasteiger partial charge in [-0.25, -0.2) is 13.2 Å². The van der Waals surface area contributed by atoms with E-state index < -0.39 is 26.5 Å². The van der Waals surface area contributed by atoms with E-state index in [0.29, 0.717) is 0 Å². The highest BCUT2D eigenvalue weighted by Gasteiger charge is 2.24. The fourth-order valence-corrected chi connectivity index (χ4v) is 3.30. The minimum atomic E-state index is -3.11. The molecule has 1 aromatic rings. The quantitative estimate of drug-likeness (QED) is 0.798. The molecule has 1 N–H and O–H groups in total. The molecule has 0 fully saturated rings. The minimum Gasteiger partial charge on any atom is -0.300 e. The number of hydrogen-bond acceptors (Lipinski definition) is 4. The third kappa shape index (κ3) is 4.56. The van der Waals surface area contributed by atoms with Crippen LogP contribution in [-0.4, -0.2) is 30.0 Å². The predicted octanol–water partition coefficient (Wildman–Crippen LogP) is -0.393. The fourth-order valence-electron chi connectivity index (χ4n) is 1.79. The fraction of sp³-hybridized carbons (Fsp3) is 0.600. The molecule has 1 rings (SSSR count). The molecule has 0 amide bonds. The summed E-state index contributed by atoms with van der Waals surface area (Å²) in [6, 6.07) is 1.23. The average Bonchev–Trinajstić information content (AvgIpc) is 2.05. The van der Waals surface area contributed by atoms with Gasteiger partial charge in [-0.05, 0) is 5.41 Å². The van der Waals surface area contributed by atoms with Crippen molar-refractivity contribution in [1.29, 1.82) is 0 Å². The average molecular weight is 260 g/mol. The molecule has 6 nitrogen and oxygen atoms in total. The zero-order chi connectivity index (χ0) is 13.3. The van der Waals surface area contributed by atoms with Gasteiger partial charge in [0.2, 0.25) is 0 Å². The maximum absolute atomic E-state index is 11.4. The SMILES string of the molecule is CC(C)(Cn1ccc(=O)[nH]c1=O)CS(C)(=O)=O. The number of nitrogens with one attached hydrogen (secondary N) is 1. The van der Waals surface area contributed by atoms with Gasteiger partial charge in [-0.3, -0.25) is 9.78 Å². The Labute approximate surface area is 99.2 Å². The lowest BCUT2D eigenvalue weighted by Gasteiger charge is -2.24. The molecule has 0 saturated heterocycles. The summed E-state index contributed by atoms with van der Waals surface area (Å²) in [6.07, 6.45) is 2.52. The summed E-state index contributed by atoms with van der Waals surface area (Å²) >= 11 is 0. The molecule has 0 spiro atoms. The Hall–Kier alpha value is -1.37.